The Balaban J connectivity index is 1.47. The summed E-state index contributed by atoms with van der Waals surface area (Å²) in [5.74, 6) is 1.78. The molecule has 0 radical (unpaired) electrons. The van der Waals surface area contributed by atoms with Crippen molar-refractivity contribution < 1.29 is 4.74 Å². The highest BCUT2D eigenvalue weighted by Gasteiger charge is 2.19. The van der Waals surface area contributed by atoms with Crippen LogP contribution in [-0.2, 0) is 13.0 Å². The summed E-state index contributed by atoms with van der Waals surface area (Å²) in [6.07, 6.45) is 3.85. The fourth-order valence-corrected chi connectivity index (χ4v) is 3.29. The highest BCUT2D eigenvalue weighted by Crippen LogP contribution is 2.23. The molecule has 0 bridgehead atoms. The first-order chi connectivity index (χ1) is 10.8. The molecule has 0 atom stereocenters. The Labute approximate surface area is 133 Å². The van der Waals surface area contributed by atoms with Crippen LogP contribution >= 0.6 is 0 Å². The topological polar surface area (TPSA) is 12.5 Å². The Bertz CT molecular complexity index is 556. The number of hydrogen-bond donors (Lipinski definition) is 0. The SMILES string of the molecule is COc1ccc(CN2CCC(Cc3ccccc3)CC2)cc1. The van der Waals surface area contributed by atoms with Gasteiger partial charge in [-0.15, -0.1) is 0 Å². The zero-order valence-electron chi connectivity index (χ0n) is 13.4. The van der Waals surface area contributed by atoms with Gasteiger partial charge in [0.1, 0.15) is 5.75 Å². The summed E-state index contributed by atoms with van der Waals surface area (Å²) < 4.78 is 5.22. The van der Waals surface area contributed by atoms with Crippen LogP contribution in [0.1, 0.15) is 24.0 Å². The molecule has 116 valence electrons. The van der Waals surface area contributed by atoms with Gasteiger partial charge < -0.3 is 4.74 Å². The van der Waals surface area contributed by atoms with Crippen LogP contribution in [0.2, 0.25) is 0 Å². The predicted octanol–water partition coefficient (Wildman–Crippen LogP) is 4.15. The van der Waals surface area contributed by atoms with Gasteiger partial charge in [0.25, 0.3) is 0 Å². The number of nitrogens with zero attached hydrogens (tertiary/aromatic N) is 1. The standard InChI is InChI=1S/C20H25NO/c1-22-20-9-7-19(8-10-20)16-21-13-11-18(12-14-21)15-17-5-3-2-4-6-17/h2-10,18H,11-16H2,1H3. The minimum Gasteiger partial charge on any atom is -0.497 e. The lowest BCUT2D eigenvalue weighted by molar-refractivity contribution is 0.177. The first-order valence-electron chi connectivity index (χ1n) is 8.22. The fraction of sp³-hybridized carbons (Fsp3) is 0.400. The van der Waals surface area contributed by atoms with Crippen molar-refractivity contribution in [2.24, 2.45) is 5.92 Å². The normalized spacial score (nSPS) is 16.6. The van der Waals surface area contributed by atoms with Crippen molar-refractivity contribution in [1.82, 2.24) is 4.90 Å². The number of likely N-dealkylation sites (tertiary alicyclic amines) is 1. The van der Waals surface area contributed by atoms with Gasteiger partial charge in [0.05, 0.1) is 7.11 Å². The van der Waals surface area contributed by atoms with E-state index in [2.05, 4.69) is 59.5 Å². The van der Waals surface area contributed by atoms with Gasteiger partial charge in [0, 0.05) is 6.54 Å². The third-order valence-corrected chi connectivity index (χ3v) is 4.64. The van der Waals surface area contributed by atoms with Crippen molar-refractivity contribution in [3.8, 4) is 5.75 Å². The van der Waals surface area contributed by atoms with E-state index in [1.165, 1.54) is 43.5 Å². The Morgan fingerprint density at radius 1 is 0.909 bits per heavy atom. The maximum atomic E-state index is 5.22. The molecule has 0 N–H and O–H groups in total. The largest absolute Gasteiger partial charge is 0.497 e. The summed E-state index contributed by atoms with van der Waals surface area (Å²) in [4.78, 5) is 2.57. The van der Waals surface area contributed by atoms with Crippen LogP contribution in [-0.4, -0.2) is 25.1 Å². The van der Waals surface area contributed by atoms with Gasteiger partial charge in [-0.2, -0.15) is 0 Å². The molecule has 2 heteroatoms. The third kappa shape index (κ3) is 4.11. The molecule has 0 aliphatic carbocycles. The molecule has 2 nitrogen and oxygen atoms in total. The first-order valence-corrected chi connectivity index (χ1v) is 8.22. The second-order valence-electron chi connectivity index (χ2n) is 6.26. The number of hydrogen-bond acceptors (Lipinski definition) is 2. The molecule has 2 aromatic carbocycles. The average Bonchev–Trinajstić information content (AvgIpc) is 2.58. The molecule has 1 aliphatic heterocycles. The van der Waals surface area contributed by atoms with Crippen molar-refractivity contribution in [3.05, 3.63) is 65.7 Å². The lowest BCUT2D eigenvalue weighted by Crippen LogP contribution is -2.33. The molecule has 1 saturated heterocycles. The van der Waals surface area contributed by atoms with Crippen LogP contribution in [0, 0.1) is 5.92 Å². The smallest absolute Gasteiger partial charge is 0.118 e. The second kappa shape index (κ2) is 7.46. The van der Waals surface area contributed by atoms with E-state index in [0.717, 1.165) is 18.2 Å². The molecule has 0 saturated carbocycles. The van der Waals surface area contributed by atoms with Gasteiger partial charge in [-0.3, -0.25) is 4.90 Å². The summed E-state index contributed by atoms with van der Waals surface area (Å²) in [5, 5.41) is 0. The summed E-state index contributed by atoms with van der Waals surface area (Å²) in [6.45, 7) is 3.48. The van der Waals surface area contributed by atoms with Crippen LogP contribution in [0.15, 0.2) is 54.6 Å². The Morgan fingerprint density at radius 3 is 2.23 bits per heavy atom. The molecule has 0 amide bonds. The van der Waals surface area contributed by atoms with E-state index in [1.54, 1.807) is 7.11 Å². The Hall–Kier alpha value is -1.80. The van der Waals surface area contributed by atoms with E-state index >= 15 is 0 Å². The summed E-state index contributed by atoms with van der Waals surface area (Å²) in [7, 11) is 1.71. The number of benzene rings is 2. The molecule has 0 aromatic heterocycles. The first kappa shape index (κ1) is 15.1. The zero-order chi connectivity index (χ0) is 15.2. The maximum Gasteiger partial charge on any atom is 0.118 e. The molecule has 0 spiro atoms. The minimum atomic E-state index is 0.842. The highest BCUT2D eigenvalue weighted by atomic mass is 16.5. The molecule has 2 aromatic rings. The van der Waals surface area contributed by atoms with Crippen LogP contribution in [0.5, 0.6) is 5.75 Å². The van der Waals surface area contributed by atoms with Crippen LogP contribution in [0.3, 0.4) is 0 Å². The number of piperidine rings is 1. The van der Waals surface area contributed by atoms with Gasteiger partial charge in [0.15, 0.2) is 0 Å². The number of rotatable bonds is 5. The lowest BCUT2D eigenvalue weighted by Gasteiger charge is -2.32. The summed E-state index contributed by atoms with van der Waals surface area (Å²) >= 11 is 0. The van der Waals surface area contributed by atoms with Crippen LogP contribution in [0.25, 0.3) is 0 Å². The van der Waals surface area contributed by atoms with Crippen molar-refractivity contribution in [2.45, 2.75) is 25.8 Å². The summed E-state index contributed by atoms with van der Waals surface area (Å²) in [6, 6.07) is 19.4. The average molecular weight is 295 g/mol. The lowest BCUT2D eigenvalue weighted by atomic mass is 9.90. The van der Waals surface area contributed by atoms with Crippen LogP contribution in [0.4, 0.5) is 0 Å². The number of methoxy groups -OCH3 is 1. The molecule has 1 heterocycles. The molecular weight excluding hydrogens is 270 g/mol. The van der Waals surface area contributed by atoms with Gasteiger partial charge in [-0.25, -0.2) is 0 Å². The van der Waals surface area contributed by atoms with Gasteiger partial charge in [-0.05, 0) is 61.5 Å². The van der Waals surface area contributed by atoms with Gasteiger partial charge >= 0.3 is 0 Å². The fourth-order valence-electron chi connectivity index (χ4n) is 3.29. The monoisotopic (exact) mass is 295 g/mol. The van der Waals surface area contributed by atoms with E-state index in [4.69, 9.17) is 4.74 Å². The second-order valence-corrected chi connectivity index (χ2v) is 6.26. The van der Waals surface area contributed by atoms with Crippen molar-refractivity contribution in [1.29, 1.82) is 0 Å². The van der Waals surface area contributed by atoms with Crippen molar-refractivity contribution in [3.63, 3.8) is 0 Å². The molecule has 3 rings (SSSR count). The predicted molar refractivity (Wildman–Crippen MR) is 91.1 cm³/mol. The van der Waals surface area contributed by atoms with E-state index in [-0.39, 0.29) is 0 Å². The molecule has 1 fully saturated rings. The molecule has 0 unspecified atom stereocenters. The van der Waals surface area contributed by atoms with E-state index in [9.17, 15) is 0 Å². The zero-order valence-corrected chi connectivity index (χ0v) is 13.4. The summed E-state index contributed by atoms with van der Waals surface area (Å²) in [5.41, 5.74) is 2.86. The molecule has 22 heavy (non-hydrogen) atoms. The Morgan fingerprint density at radius 2 is 1.59 bits per heavy atom. The van der Waals surface area contributed by atoms with E-state index in [0.29, 0.717) is 0 Å². The van der Waals surface area contributed by atoms with Crippen LogP contribution < -0.4 is 4.74 Å². The third-order valence-electron chi connectivity index (χ3n) is 4.64. The minimum absolute atomic E-state index is 0.842. The van der Waals surface area contributed by atoms with E-state index in [1.807, 2.05) is 0 Å². The van der Waals surface area contributed by atoms with Gasteiger partial charge in [0.2, 0.25) is 0 Å². The van der Waals surface area contributed by atoms with Gasteiger partial charge in [-0.1, -0.05) is 42.5 Å². The van der Waals surface area contributed by atoms with Crippen molar-refractivity contribution in [2.75, 3.05) is 20.2 Å². The molecular formula is C20H25NO. The highest BCUT2D eigenvalue weighted by molar-refractivity contribution is 5.27. The molecule has 1 aliphatic rings. The quantitative estimate of drug-likeness (QED) is 0.821. The van der Waals surface area contributed by atoms with Crippen molar-refractivity contribution >= 4 is 0 Å². The maximum absolute atomic E-state index is 5.22. The Kier molecular flexibility index (Phi) is 5.12. The number of ether oxygens (including phenoxy) is 1. The van der Waals surface area contributed by atoms with E-state index < -0.39 is 0 Å².